The van der Waals surface area contributed by atoms with Gasteiger partial charge in [-0.05, 0) is 25.0 Å². The molecule has 0 aromatic heterocycles. The van der Waals surface area contributed by atoms with Crippen LogP contribution in [0.15, 0.2) is 23.1 Å². The lowest BCUT2D eigenvalue weighted by molar-refractivity contribution is -0.387. The molecule has 2 rings (SSSR count). The van der Waals surface area contributed by atoms with Gasteiger partial charge in [0.15, 0.2) is 4.90 Å². The number of sulfonamides is 1. The maximum Gasteiger partial charge on any atom is 0.289 e. The molecule has 0 saturated heterocycles. The van der Waals surface area contributed by atoms with E-state index in [1.54, 1.807) is 0 Å². The fraction of sp³-hybridized carbons (Fsp3) is 0.500. The van der Waals surface area contributed by atoms with E-state index in [1.807, 2.05) is 0 Å². The molecule has 0 aliphatic heterocycles. The lowest BCUT2D eigenvalue weighted by Crippen LogP contribution is -2.36. The van der Waals surface area contributed by atoms with Crippen LogP contribution in [-0.2, 0) is 10.0 Å². The Morgan fingerprint density at radius 2 is 1.90 bits per heavy atom. The van der Waals surface area contributed by atoms with Crippen molar-refractivity contribution in [3.63, 3.8) is 0 Å². The fourth-order valence-electron chi connectivity index (χ4n) is 2.47. The molecular formula is C12H18N4O4S. The molecule has 4 N–H and O–H groups in total. The zero-order valence-electron chi connectivity index (χ0n) is 11.4. The Bertz CT molecular complexity index is 626. The van der Waals surface area contributed by atoms with Crippen molar-refractivity contribution in [1.29, 1.82) is 0 Å². The second kappa shape index (κ2) is 6.37. The topological polar surface area (TPSA) is 127 Å². The minimum absolute atomic E-state index is 0.169. The molecule has 116 valence electrons. The van der Waals surface area contributed by atoms with Crippen LogP contribution < -0.4 is 16.0 Å². The number of hydrazine groups is 1. The maximum absolute atomic E-state index is 12.4. The zero-order valence-corrected chi connectivity index (χ0v) is 12.2. The summed E-state index contributed by atoms with van der Waals surface area (Å²) >= 11 is 0. The van der Waals surface area contributed by atoms with Crippen LogP contribution in [0.25, 0.3) is 0 Å². The van der Waals surface area contributed by atoms with Gasteiger partial charge in [-0.3, -0.25) is 16.0 Å². The molecule has 1 fully saturated rings. The summed E-state index contributed by atoms with van der Waals surface area (Å²) in [5, 5.41) is 11.0. The minimum atomic E-state index is -3.96. The van der Waals surface area contributed by atoms with Crippen molar-refractivity contribution >= 4 is 21.4 Å². The third-order valence-corrected chi connectivity index (χ3v) is 5.09. The van der Waals surface area contributed by atoms with Crippen LogP contribution in [0.3, 0.4) is 0 Å². The molecule has 0 unspecified atom stereocenters. The predicted octanol–water partition coefficient (Wildman–Crippen LogP) is 1.49. The van der Waals surface area contributed by atoms with E-state index in [0.717, 1.165) is 38.2 Å². The van der Waals surface area contributed by atoms with Crippen LogP contribution in [-0.4, -0.2) is 19.4 Å². The number of hydrogen-bond acceptors (Lipinski definition) is 6. The van der Waals surface area contributed by atoms with Crippen molar-refractivity contribution in [2.24, 2.45) is 5.84 Å². The van der Waals surface area contributed by atoms with E-state index in [0.29, 0.717) is 5.69 Å². The number of rotatable bonds is 5. The minimum Gasteiger partial charge on any atom is -0.324 e. The van der Waals surface area contributed by atoms with Gasteiger partial charge in [-0.1, -0.05) is 19.3 Å². The summed E-state index contributed by atoms with van der Waals surface area (Å²) in [6.07, 6.45) is 4.51. The molecule has 0 atom stereocenters. The van der Waals surface area contributed by atoms with Gasteiger partial charge in [0.05, 0.1) is 10.6 Å². The Kier molecular flexibility index (Phi) is 4.76. The molecule has 0 heterocycles. The normalized spacial score (nSPS) is 16.6. The van der Waals surface area contributed by atoms with E-state index in [1.165, 1.54) is 12.1 Å². The van der Waals surface area contributed by atoms with Gasteiger partial charge in [0, 0.05) is 12.1 Å². The maximum atomic E-state index is 12.4. The second-order valence-electron chi connectivity index (χ2n) is 5.04. The monoisotopic (exact) mass is 314 g/mol. The second-order valence-corrected chi connectivity index (χ2v) is 6.72. The van der Waals surface area contributed by atoms with Crippen LogP contribution in [0.1, 0.15) is 32.1 Å². The number of nitrogens with two attached hydrogens (primary N) is 1. The van der Waals surface area contributed by atoms with Crippen LogP contribution in [0.5, 0.6) is 0 Å². The molecule has 0 bridgehead atoms. The summed E-state index contributed by atoms with van der Waals surface area (Å²) in [6.45, 7) is 0. The van der Waals surface area contributed by atoms with Gasteiger partial charge in [-0.2, -0.15) is 0 Å². The quantitative estimate of drug-likeness (QED) is 0.429. The first kappa shape index (κ1) is 15.7. The molecule has 21 heavy (non-hydrogen) atoms. The third kappa shape index (κ3) is 3.69. The average molecular weight is 314 g/mol. The number of anilines is 1. The molecule has 0 radical (unpaired) electrons. The van der Waals surface area contributed by atoms with Gasteiger partial charge >= 0.3 is 0 Å². The first-order valence-corrected chi connectivity index (χ1v) is 8.20. The van der Waals surface area contributed by atoms with Crippen LogP contribution in [0, 0.1) is 10.1 Å². The third-order valence-electron chi connectivity index (χ3n) is 3.54. The van der Waals surface area contributed by atoms with E-state index in [4.69, 9.17) is 5.84 Å². The fourth-order valence-corrected chi connectivity index (χ4v) is 3.97. The van der Waals surface area contributed by atoms with E-state index in [2.05, 4.69) is 10.1 Å². The van der Waals surface area contributed by atoms with E-state index < -0.39 is 20.6 Å². The summed E-state index contributed by atoms with van der Waals surface area (Å²) in [5.74, 6) is 5.24. The molecule has 1 saturated carbocycles. The highest BCUT2D eigenvalue weighted by Gasteiger charge is 2.29. The number of nitrogen functional groups attached to an aromatic ring is 1. The molecule has 0 amide bonds. The first-order chi connectivity index (χ1) is 9.94. The lowest BCUT2D eigenvalue weighted by Gasteiger charge is -2.22. The van der Waals surface area contributed by atoms with Crippen LogP contribution in [0.2, 0.25) is 0 Å². The van der Waals surface area contributed by atoms with Crippen molar-refractivity contribution in [1.82, 2.24) is 4.72 Å². The molecule has 0 spiro atoms. The van der Waals surface area contributed by atoms with Crippen molar-refractivity contribution in [2.75, 3.05) is 5.43 Å². The highest BCUT2D eigenvalue weighted by atomic mass is 32.2. The highest BCUT2D eigenvalue weighted by molar-refractivity contribution is 7.89. The summed E-state index contributed by atoms with van der Waals surface area (Å²) < 4.78 is 27.4. The number of nitro groups is 1. The summed E-state index contributed by atoms with van der Waals surface area (Å²) in [4.78, 5) is 9.94. The Hall–Kier alpha value is -1.71. The van der Waals surface area contributed by atoms with Crippen LogP contribution >= 0.6 is 0 Å². The highest BCUT2D eigenvalue weighted by Crippen LogP contribution is 2.28. The van der Waals surface area contributed by atoms with Gasteiger partial charge < -0.3 is 5.43 Å². The molecule has 9 heteroatoms. The van der Waals surface area contributed by atoms with E-state index in [9.17, 15) is 18.5 Å². The van der Waals surface area contributed by atoms with Crippen molar-refractivity contribution in [3.05, 3.63) is 28.3 Å². The van der Waals surface area contributed by atoms with Crippen molar-refractivity contribution in [2.45, 2.75) is 43.0 Å². The van der Waals surface area contributed by atoms with E-state index >= 15 is 0 Å². The molecule has 1 aromatic carbocycles. The van der Waals surface area contributed by atoms with Gasteiger partial charge in [-0.15, -0.1) is 0 Å². The molecule has 8 nitrogen and oxygen atoms in total. The first-order valence-electron chi connectivity index (χ1n) is 6.71. The van der Waals surface area contributed by atoms with Gasteiger partial charge in [0.25, 0.3) is 5.69 Å². The standard InChI is InChI=1S/C12H18N4O4S/c13-14-10-6-7-11(16(17)18)12(8-10)21(19,20)15-9-4-2-1-3-5-9/h6-9,14-15H,1-5,13H2. The number of benzene rings is 1. The van der Waals surface area contributed by atoms with Gasteiger partial charge in [-0.25, -0.2) is 13.1 Å². The number of nitrogens with one attached hydrogen (secondary N) is 2. The molecule has 1 aliphatic rings. The number of nitro benzene ring substituents is 1. The molecule has 1 aromatic rings. The number of nitrogens with zero attached hydrogens (tertiary/aromatic N) is 1. The Labute approximate surface area is 122 Å². The molecule has 1 aliphatic carbocycles. The largest absolute Gasteiger partial charge is 0.324 e. The lowest BCUT2D eigenvalue weighted by atomic mass is 9.96. The van der Waals surface area contributed by atoms with Crippen LogP contribution in [0.4, 0.5) is 11.4 Å². The van der Waals surface area contributed by atoms with Crippen molar-refractivity contribution < 1.29 is 13.3 Å². The van der Waals surface area contributed by atoms with Gasteiger partial charge in [0.2, 0.25) is 10.0 Å². The smallest absolute Gasteiger partial charge is 0.289 e. The average Bonchev–Trinajstić information content (AvgIpc) is 2.47. The van der Waals surface area contributed by atoms with E-state index in [-0.39, 0.29) is 10.9 Å². The Morgan fingerprint density at radius 3 is 2.48 bits per heavy atom. The Balaban J connectivity index is 2.35. The predicted molar refractivity (Wildman–Crippen MR) is 78.1 cm³/mol. The van der Waals surface area contributed by atoms with Gasteiger partial charge in [0.1, 0.15) is 0 Å². The Morgan fingerprint density at radius 1 is 1.24 bits per heavy atom. The zero-order chi connectivity index (χ0) is 15.5. The summed E-state index contributed by atoms with van der Waals surface area (Å²) in [6, 6.07) is 3.49. The summed E-state index contributed by atoms with van der Waals surface area (Å²) in [5.41, 5.74) is 2.13. The SMILES string of the molecule is NNc1ccc([N+](=O)[O-])c(S(=O)(=O)NC2CCCCC2)c1. The van der Waals surface area contributed by atoms with Crippen molar-refractivity contribution in [3.8, 4) is 0 Å². The number of hydrogen-bond donors (Lipinski definition) is 3. The summed E-state index contributed by atoms with van der Waals surface area (Å²) in [7, 11) is -3.96. The molecular weight excluding hydrogens is 296 g/mol.